The van der Waals surface area contributed by atoms with E-state index in [0.29, 0.717) is 17.5 Å². The fraction of sp³-hybridized carbons (Fsp3) is 0.667. The molecule has 2 atom stereocenters. The van der Waals surface area contributed by atoms with E-state index in [1.807, 2.05) is 0 Å². The minimum atomic E-state index is 0.547. The lowest BCUT2D eigenvalue weighted by Gasteiger charge is -2.24. The van der Waals surface area contributed by atoms with Crippen LogP contribution in [0.25, 0.3) is 0 Å². The van der Waals surface area contributed by atoms with Crippen molar-refractivity contribution in [3.05, 3.63) is 34.3 Å². The van der Waals surface area contributed by atoms with Gasteiger partial charge in [-0.1, -0.05) is 48.3 Å². The topological polar surface area (TPSA) is 12.0 Å². The molecule has 1 aromatic rings. The molecular weight excluding hydrogens is 310 g/mol. The molecule has 2 heteroatoms. The van der Waals surface area contributed by atoms with Gasteiger partial charge in [0.05, 0.1) is 0 Å². The van der Waals surface area contributed by atoms with Crippen molar-refractivity contribution in [1.29, 1.82) is 0 Å². The number of benzene rings is 1. The maximum Gasteiger partial charge on any atom is 0.0175 e. The van der Waals surface area contributed by atoms with Gasteiger partial charge in [0.25, 0.3) is 0 Å². The van der Waals surface area contributed by atoms with E-state index in [1.165, 1.54) is 37.7 Å². The Morgan fingerprint density at radius 1 is 1.20 bits per heavy atom. The molecule has 1 aromatic carbocycles. The molecule has 1 N–H and O–H groups in total. The molecule has 1 aliphatic rings. The van der Waals surface area contributed by atoms with E-state index in [9.17, 15) is 0 Å². The van der Waals surface area contributed by atoms with Crippen LogP contribution in [0.2, 0.25) is 0 Å². The van der Waals surface area contributed by atoms with E-state index in [0.717, 1.165) is 10.9 Å². The van der Waals surface area contributed by atoms with Crippen LogP contribution in [-0.2, 0) is 6.42 Å². The molecule has 1 fully saturated rings. The maximum atomic E-state index is 3.85. The van der Waals surface area contributed by atoms with Gasteiger partial charge in [-0.25, -0.2) is 0 Å². The Morgan fingerprint density at radius 2 is 1.90 bits per heavy atom. The van der Waals surface area contributed by atoms with Crippen LogP contribution in [0.3, 0.4) is 0 Å². The SMILES string of the molecule is CC(Cc1ccc(Br)cc1)NC1CCCC(C)(C)CC1. The normalized spacial score (nSPS) is 24.1. The predicted octanol–water partition coefficient (Wildman–Crippen LogP) is 5.33. The van der Waals surface area contributed by atoms with Gasteiger partial charge < -0.3 is 5.32 Å². The summed E-state index contributed by atoms with van der Waals surface area (Å²) in [6, 6.07) is 9.98. The Morgan fingerprint density at radius 3 is 2.60 bits per heavy atom. The van der Waals surface area contributed by atoms with E-state index < -0.39 is 0 Å². The first-order valence-corrected chi connectivity index (χ1v) is 8.74. The van der Waals surface area contributed by atoms with Gasteiger partial charge in [-0.3, -0.25) is 0 Å². The van der Waals surface area contributed by atoms with Gasteiger partial charge >= 0.3 is 0 Å². The molecule has 1 nitrogen and oxygen atoms in total. The average molecular weight is 338 g/mol. The van der Waals surface area contributed by atoms with E-state index >= 15 is 0 Å². The molecule has 0 aromatic heterocycles. The molecule has 0 amide bonds. The van der Waals surface area contributed by atoms with Crippen molar-refractivity contribution < 1.29 is 0 Å². The van der Waals surface area contributed by atoms with Crippen LogP contribution in [-0.4, -0.2) is 12.1 Å². The minimum Gasteiger partial charge on any atom is -0.311 e. The minimum absolute atomic E-state index is 0.547. The Bertz CT molecular complexity index is 410. The lowest BCUT2D eigenvalue weighted by molar-refractivity contribution is 0.307. The van der Waals surface area contributed by atoms with Crippen LogP contribution < -0.4 is 5.32 Å². The molecule has 0 saturated heterocycles. The van der Waals surface area contributed by atoms with Gasteiger partial charge in [-0.2, -0.15) is 0 Å². The molecule has 20 heavy (non-hydrogen) atoms. The highest BCUT2D eigenvalue weighted by Gasteiger charge is 2.24. The molecule has 1 saturated carbocycles. The average Bonchev–Trinajstić information content (AvgIpc) is 2.54. The molecule has 0 radical (unpaired) electrons. The fourth-order valence-corrected chi connectivity index (χ4v) is 3.53. The standard InChI is InChI=1S/C18H28BrN/c1-14(13-15-6-8-16(19)9-7-15)20-17-5-4-11-18(2,3)12-10-17/h6-9,14,17,20H,4-5,10-13H2,1-3H3. The van der Waals surface area contributed by atoms with Crippen LogP contribution in [0, 0.1) is 5.41 Å². The smallest absolute Gasteiger partial charge is 0.0175 e. The van der Waals surface area contributed by atoms with E-state index in [-0.39, 0.29) is 0 Å². The van der Waals surface area contributed by atoms with Crippen LogP contribution in [0.4, 0.5) is 0 Å². The summed E-state index contributed by atoms with van der Waals surface area (Å²) in [5.41, 5.74) is 1.97. The van der Waals surface area contributed by atoms with Crippen LogP contribution in [0.1, 0.15) is 58.4 Å². The monoisotopic (exact) mass is 337 g/mol. The van der Waals surface area contributed by atoms with Crippen molar-refractivity contribution in [2.75, 3.05) is 0 Å². The first-order valence-electron chi connectivity index (χ1n) is 7.95. The third-order valence-corrected chi connectivity index (χ3v) is 5.08. The lowest BCUT2D eigenvalue weighted by Crippen LogP contribution is -2.37. The van der Waals surface area contributed by atoms with Crippen molar-refractivity contribution in [3.8, 4) is 0 Å². The quantitative estimate of drug-likeness (QED) is 0.732. The fourth-order valence-electron chi connectivity index (χ4n) is 3.26. The molecule has 2 unspecified atom stereocenters. The zero-order valence-electron chi connectivity index (χ0n) is 13.1. The van der Waals surface area contributed by atoms with Gasteiger partial charge in [-0.15, -0.1) is 0 Å². The molecule has 1 aliphatic carbocycles. The molecule has 0 bridgehead atoms. The second-order valence-corrected chi connectivity index (χ2v) is 8.11. The maximum absolute atomic E-state index is 3.85. The van der Waals surface area contributed by atoms with Gasteiger partial charge in [-0.05, 0) is 62.1 Å². The Kier molecular flexibility index (Phi) is 5.68. The first kappa shape index (κ1) is 16.0. The Labute approximate surface area is 132 Å². The third-order valence-electron chi connectivity index (χ3n) is 4.55. The van der Waals surface area contributed by atoms with Gasteiger partial charge in [0, 0.05) is 16.6 Å². The zero-order chi connectivity index (χ0) is 14.6. The highest BCUT2D eigenvalue weighted by atomic mass is 79.9. The summed E-state index contributed by atoms with van der Waals surface area (Å²) in [7, 11) is 0. The Hall–Kier alpha value is -0.340. The van der Waals surface area contributed by atoms with Gasteiger partial charge in [0.15, 0.2) is 0 Å². The number of hydrogen-bond acceptors (Lipinski definition) is 1. The largest absolute Gasteiger partial charge is 0.311 e. The molecule has 112 valence electrons. The zero-order valence-corrected chi connectivity index (χ0v) is 14.7. The third kappa shape index (κ3) is 5.21. The number of hydrogen-bond donors (Lipinski definition) is 1. The summed E-state index contributed by atoms with van der Waals surface area (Å²) >= 11 is 3.49. The van der Waals surface area contributed by atoms with E-state index in [4.69, 9.17) is 0 Å². The molecule has 0 aliphatic heterocycles. The number of rotatable bonds is 4. The second kappa shape index (κ2) is 7.09. The summed E-state index contributed by atoms with van der Waals surface area (Å²) in [6.45, 7) is 7.15. The Balaban J connectivity index is 1.82. The molecule has 0 heterocycles. The lowest BCUT2D eigenvalue weighted by atomic mass is 9.85. The van der Waals surface area contributed by atoms with Crippen molar-refractivity contribution in [3.63, 3.8) is 0 Å². The van der Waals surface area contributed by atoms with Gasteiger partial charge in [0.1, 0.15) is 0 Å². The van der Waals surface area contributed by atoms with Crippen molar-refractivity contribution in [1.82, 2.24) is 5.32 Å². The summed E-state index contributed by atoms with van der Waals surface area (Å²) < 4.78 is 1.16. The van der Waals surface area contributed by atoms with Crippen LogP contribution in [0.5, 0.6) is 0 Å². The molecular formula is C18H28BrN. The van der Waals surface area contributed by atoms with Crippen molar-refractivity contribution in [2.45, 2.75) is 71.4 Å². The van der Waals surface area contributed by atoms with Gasteiger partial charge in [0.2, 0.25) is 0 Å². The highest BCUT2D eigenvalue weighted by Crippen LogP contribution is 2.33. The highest BCUT2D eigenvalue weighted by molar-refractivity contribution is 9.10. The first-order chi connectivity index (χ1) is 9.44. The summed E-state index contributed by atoms with van der Waals surface area (Å²) in [4.78, 5) is 0. The molecule has 2 rings (SSSR count). The number of nitrogens with one attached hydrogen (secondary N) is 1. The predicted molar refractivity (Wildman–Crippen MR) is 91.1 cm³/mol. The van der Waals surface area contributed by atoms with E-state index in [2.05, 4.69) is 66.3 Å². The van der Waals surface area contributed by atoms with Crippen LogP contribution in [0.15, 0.2) is 28.7 Å². The van der Waals surface area contributed by atoms with E-state index in [1.54, 1.807) is 0 Å². The second-order valence-electron chi connectivity index (χ2n) is 7.19. The summed E-state index contributed by atoms with van der Waals surface area (Å²) in [5, 5.41) is 3.85. The molecule has 0 spiro atoms. The number of halogens is 1. The summed E-state index contributed by atoms with van der Waals surface area (Å²) in [5.74, 6) is 0. The van der Waals surface area contributed by atoms with Crippen LogP contribution >= 0.6 is 15.9 Å². The van der Waals surface area contributed by atoms with Crippen molar-refractivity contribution in [2.24, 2.45) is 5.41 Å². The summed E-state index contributed by atoms with van der Waals surface area (Å²) in [6.07, 6.45) is 7.90. The van der Waals surface area contributed by atoms with Crippen molar-refractivity contribution >= 4 is 15.9 Å².